The number of sulfonamides is 1. The molecule has 1 amide bonds. The molecule has 3 heterocycles. The van der Waals surface area contributed by atoms with Crippen LogP contribution in [0.15, 0.2) is 28.7 Å². The second-order valence-corrected chi connectivity index (χ2v) is 10.8. The van der Waals surface area contributed by atoms with Gasteiger partial charge >= 0.3 is 0 Å². The molecule has 1 saturated carbocycles. The molecule has 1 aromatic rings. The van der Waals surface area contributed by atoms with Crippen LogP contribution in [0.25, 0.3) is 0 Å². The molecule has 4 aliphatic rings. The number of rotatable bonds is 2. The van der Waals surface area contributed by atoms with E-state index < -0.39 is 21.3 Å². The van der Waals surface area contributed by atoms with Gasteiger partial charge < -0.3 is 14.4 Å². The second kappa shape index (κ2) is 8.67. The fourth-order valence-electron chi connectivity index (χ4n) is 4.54. The van der Waals surface area contributed by atoms with Crippen molar-refractivity contribution < 1.29 is 22.7 Å². The van der Waals surface area contributed by atoms with Gasteiger partial charge in [0.2, 0.25) is 0 Å². The molecule has 1 saturated heterocycles. The quantitative estimate of drug-likeness (QED) is 0.715. The number of carbonyl (C=O) groups is 1. The highest BCUT2D eigenvalue weighted by molar-refractivity contribution is 7.90. The Hall–Kier alpha value is -1.93. The van der Waals surface area contributed by atoms with Crippen molar-refractivity contribution in [1.82, 2.24) is 4.90 Å². The number of para-hydroxylation sites is 1. The van der Waals surface area contributed by atoms with Crippen molar-refractivity contribution in [2.24, 2.45) is 4.40 Å². The van der Waals surface area contributed by atoms with Gasteiger partial charge in [-0.05, 0) is 57.1 Å². The minimum atomic E-state index is -3.59. The van der Waals surface area contributed by atoms with Crippen LogP contribution in [0.3, 0.4) is 0 Å². The van der Waals surface area contributed by atoms with E-state index in [1.165, 1.54) is 0 Å². The molecule has 5 rings (SSSR count). The predicted octanol–water partition coefficient (Wildman–Crippen LogP) is 2.90. The van der Waals surface area contributed by atoms with Gasteiger partial charge in [0.25, 0.3) is 15.9 Å². The third kappa shape index (κ3) is 4.39. The van der Waals surface area contributed by atoms with Crippen molar-refractivity contribution in [3.05, 3.63) is 29.8 Å². The first-order valence-electron chi connectivity index (χ1n) is 10.8. The van der Waals surface area contributed by atoms with Crippen LogP contribution in [0.4, 0.5) is 0 Å². The van der Waals surface area contributed by atoms with Gasteiger partial charge in [-0.25, -0.2) is 8.42 Å². The molecule has 2 bridgehead atoms. The lowest BCUT2D eigenvalue weighted by molar-refractivity contribution is -0.135. The Kier molecular flexibility index (Phi) is 6.16. The Bertz CT molecular complexity index is 919. The highest BCUT2D eigenvalue weighted by Gasteiger charge is 2.37. The maximum Gasteiger partial charge on any atom is 0.261 e. The molecule has 8 heteroatoms. The Labute approximate surface area is 178 Å². The first-order chi connectivity index (χ1) is 14.3. The molecule has 7 nitrogen and oxygen atoms in total. The molecule has 1 aliphatic carbocycles. The van der Waals surface area contributed by atoms with Crippen LogP contribution in [0.2, 0.25) is 0 Å². The monoisotopic (exact) mass is 434 g/mol. The van der Waals surface area contributed by atoms with Gasteiger partial charge in [0, 0.05) is 13.0 Å². The van der Waals surface area contributed by atoms with Crippen molar-refractivity contribution >= 4 is 21.6 Å². The number of carbonyl (C=O) groups excluding carboxylic acids is 1. The van der Waals surface area contributed by atoms with E-state index in [9.17, 15) is 13.2 Å². The average Bonchev–Trinajstić information content (AvgIpc) is 3.12. The maximum atomic E-state index is 13.0. The topological polar surface area (TPSA) is 85.3 Å². The molecule has 3 aliphatic heterocycles. The summed E-state index contributed by atoms with van der Waals surface area (Å²) in [6.07, 6.45) is 4.46. The normalized spacial score (nSPS) is 29.0. The third-order valence-electron chi connectivity index (χ3n) is 6.40. The van der Waals surface area contributed by atoms with E-state index in [-0.39, 0.29) is 25.2 Å². The van der Waals surface area contributed by atoms with Crippen LogP contribution in [0.1, 0.15) is 57.4 Å². The van der Waals surface area contributed by atoms with E-state index in [0.717, 1.165) is 37.0 Å². The summed E-state index contributed by atoms with van der Waals surface area (Å²) < 4.78 is 41.0. The van der Waals surface area contributed by atoms with Gasteiger partial charge in [-0.15, -0.1) is 0 Å². The van der Waals surface area contributed by atoms with Crippen LogP contribution in [0.5, 0.6) is 5.75 Å². The number of fused-ring (bicyclic) bond motifs is 5. The maximum absolute atomic E-state index is 13.0. The molecule has 0 radical (unpaired) electrons. The Balaban J connectivity index is 1.63. The zero-order valence-corrected chi connectivity index (χ0v) is 18.4. The lowest BCUT2D eigenvalue weighted by Crippen LogP contribution is -2.44. The summed E-state index contributed by atoms with van der Waals surface area (Å²) in [5, 5.41) is -0.597. The molecule has 30 heavy (non-hydrogen) atoms. The summed E-state index contributed by atoms with van der Waals surface area (Å²) in [4.78, 5) is 14.6. The molecular formula is C22H30N2O5S. The minimum Gasteiger partial charge on any atom is -0.483 e. The van der Waals surface area contributed by atoms with E-state index in [1.54, 1.807) is 18.7 Å². The van der Waals surface area contributed by atoms with Crippen LogP contribution in [-0.2, 0) is 19.6 Å². The molecule has 0 spiro atoms. The van der Waals surface area contributed by atoms with Gasteiger partial charge in [0.15, 0.2) is 6.61 Å². The van der Waals surface area contributed by atoms with E-state index in [4.69, 9.17) is 9.47 Å². The van der Waals surface area contributed by atoms with Gasteiger partial charge in [0.05, 0.1) is 29.7 Å². The summed E-state index contributed by atoms with van der Waals surface area (Å²) in [7, 11) is -3.59. The molecule has 1 aromatic carbocycles. The van der Waals surface area contributed by atoms with Gasteiger partial charge in [-0.2, -0.15) is 4.40 Å². The molecule has 0 aromatic heterocycles. The van der Waals surface area contributed by atoms with E-state index in [2.05, 4.69) is 10.5 Å². The lowest BCUT2D eigenvalue weighted by atomic mass is 9.82. The van der Waals surface area contributed by atoms with E-state index in [1.807, 2.05) is 18.2 Å². The summed E-state index contributed by atoms with van der Waals surface area (Å²) in [5.74, 6) is 1.00. The second-order valence-electron chi connectivity index (χ2n) is 8.63. The predicted molar refractivity (Wildman–Crippen MR) is 114 cm³/mol. The van der Waals surface area contributed by atoms with Gasteiger partial charge in [-0.1, -0.05) is 18.2 Å². The van der Waals surface area contributed by atoms with Crippen molar-refractivity contribution in [3.63, 3.8) is 0 Å². The van der Waals surface area contributed by atoms with Crippen LogP contribution < -0.4 is 4.74 Å². The van der Waals surface area contributed by atoms with Crippen molar-refractivity contribution in [2.45, 2.75) is 69.3 Å². The summed E-state index contributed by atoms with van der Waals surface area (Å²) in [6.45, 7) is 3.86. The zero-order valence-electron chi connectivity index (χ0n) is 17.6. The molecule has 1 unspecified atom stereocenters. The van der Waals surface area contributed by atoms with E-state index >= 15 is 0 Å². The first kappa shape index (κ1) is 21.3. The van der Waals surface area contributed by atoms with Crippen molar-refractivity contribution in [1.29, 1.82) is 0 Å². The number of hydrogen-bond acceptors (Lipinski definition) is 5. The lowest BCUT2D eigenvalue weighted by Gasteiger charge is -2.30. The highest BCUT2D eigenvalue weighted by atomic mass is 32.2. The van der Waals surface area contributed by atoms with Crippen LogP contribution in [-0.4, -0.2) is 62.1 Å². The number of ether oxygens (including phenoxy) is 2. The smallest absolute Gasteiger partial charge is 0.261 e. The van der Waals surface area contributed by atoms with Crippen molar-refractivity contribution in [2.75, 3.05) is 19.8 Å². The van der Waals surface area contributed by atoms with Crippen LogP contribution in [0, 0.1) is 0 Å². The van der Waals surface area contributed by atoms with E-state index in [0.29, 0.717) is 24.6 Å². The standard InChI is InChI=1S/C22H30N2O5S/c1-15(2)30(26,27)23-19-11-12-24-20(19)13-28-17-9-7-16(8-10-17)18-5-3-4-6-21(18)29-14-22(24)25/h3-6,15-17,20H,7-14H2,1-2H3/b23-19+. The number of amides is 1. The molecule has 164 valence electrons. The largest absolute Gasteiger partial charge is 0.483 e. The third-order valence-corrected chi connectivity index (χ3v) is 8.08. The summed E-state index contributed by atoms with van der Waals surface area (Å²) >= 11 is 0. The molecular weight excluding hydrogens is 404 g/mol. The number of hydrogen-bond donors (Lipinski definition) is 0. The van der Waals surface area contributed by atoms with Gasteiger partial charge in [-0.3, -0.25) is 4.79 Å². The minimum absolute atomic E-state index is 0.0755. The Morgan fingerprint density at radius 3 is 2.60 bits per heavy atom. The average molecular weight is 435 g/mol. The number of benzene rings is 1. The van der Waals surface area contributed by atoms with Crippen molar-refractivity contribution in [3.8, 4) is 5.75 Å². The highest BCUT2D eigenvalue weighted by Crippen LogP contribution is 2.38. The van der Waals surface area contributed by atoms with Crippen LogP contribution >= 0.6 is 0 Å². The Morgan fingerprint density at radius 1 is 1.13 bits per heavy atom. The molecule has 2 fully saturated rings. The summed E-state index contributed by atoms with van der Waals surface area (Å²) in [6, 6.07) is 7.50. The summed E-state index contributed by atoms with van der Waals surface area (Å²) in [5.41, 5.74) is 1.67. The molecule has 1 atom stereocenters. The fourth-order valence-corrected chi connectivity index (χ4v) is 5.29. The Morgan fingerprint density at radius 2 is 1.87 bits per heavy atom. The zero-order chi connectivity index (χ0) is 21.3. The molecule has 0 N–H and O–H groups in total. The van der Waals surface area contributed by atoms with Gasteiger partial charge in [0.1, 0.15) is 5.75 Å². The number of nitrogens with zero attached hydrogens (tertiary/aromatic N) is 2. The first-order valence-corrected chi connectivity index (χ1v) is 12.3. The fraction of sp³-hybridized carbons (Fsp3) is 0.636. The SMILES string of the molecule is CC(C)S(=O)(=O)/N=C1\CCN2C(=O)COc3ccccc3C3CCC(CC3)OCC12.